The Bertz CT molecular complexity index is 368. The van der Waals surface area contributed by atoms with E-state index in [2.05, 4.69) is 35.1 Å². The SMILES string of the molecule is CCCNC(CCC)CCCc1ccc(F)c(Br)c1. The molecule has 1 aromatic carbocycles. The van der Waals surface area contributed by atoms with Crippen LogP contribution >= 0.6 is 15.9 Å². The number of hydrogen-bond acceptors (Lipinski definition) is 1. The molecule has 1 nitrogen and oxygen atoms in total. The van der Waals surface area contributed by atoms with Crippen molar-refractivity contribution in [3.05, 3.63) is 34.1 Å². The average molecular weight is 330 g/mol. The first-order valence-corrected chi connectivity index (χ1v) is 8.14. The molecule has 3 heteroatoms. The van der Waals surface area contributed by atoms with E-state index in [0.717, 1.165) is 19.4 Å². The van der Waals surface area contributed by atoms with Crippen LogP contribution < -0.4 is 5.32 Å². The predicted molar refractivity (Wildman–Crippen MR) is 84.0 cm³/mol. The molecule has 0 fully saturated rings. The molecule has 108 valence electrons. The molecule has 0 bridgehead atoms. The van der Waals surface area contributed by atoms with Crippen LogP contribution in [0.5, 0.6) is 0 Å². The van der Waals surface area contributed by atoms with E-state index in [4.69, 9.17) is 0 Å². The minimum atomic E-state index is -0.183. The average Bonchev–Trinajstić information content (AvgIpc) is 2.40. The fourth-order valence-corrected chi connectivity index (χ4v) is 2.72. The van der Waals surface area contributed by atoms with Gasteiger partial charge in [-0.3, -0.25) is 0 Å². The summed E-state index contributed by atoms with van der Waals surface area (Å²) < 4.78 is 13.7. The molecule has 0 aliphatic heterocycles. The minimum absolute atomic E-state index is 0.183. The quantitative estimate of drug-likeness (QED) is 0.666. The van der Waals surface area contributed by atoms with Crippen LogP contribution in [-0.2, 0) is 6.42 Å². The van der Waals surface area contributed by atoms with Gasteiger partial charge >= 0.3 is 0 Å². The van der Waals surface area contributed by atoms with Crippen molar-refractivity contribution in [2.24, 2.45) is 0 Å². The molecule has 1 unspecified atom stereocenters. The normalized spacial score (nSPS) is 12.6. The summed E-state index contributed by atoms with van der Waals surface area (Å²) in [7, 11) is 0. The van der Waals surface area contributed by atoms with Crippen LogP contribution in [0.25, 0.3) is 0 Å². The van der Waals surface area contributed by atoms with E-state index in [1.54, 1.807) is 0 Å². The number of rotatable bonds is 9. The third-order valence-corrected chi connectivity index (χ3v) is 3.93. The lowest BCUT2D eigenvalue weighted by Crippen LogP contribution is -2.29. The minimum Gasteiger partial charge on any atom is -0.314 e. The summed E-state index contributed by atoms with van der Waals surface area (Å²) in [5, 5.41) is 3.61. The van der Waals surface area contributed by atoms with Crippen molar-refractivity contribution in [2.45, 2.75) is 58.4 Å². The molecule has 19 heavy (non-hydrogen) atoms. The predicted octanol–water partition coefficient (Wildman–Crippen LogP) is 5.08. The molecule has 0 saturated heterocycles. The van der Waals surface area contributed by atoms with Crippen LogP contribution in [0.4, 0.5) is 4.39 Å². The third kappa shape index (κ3) is 6.53. The van der Waals surface area contributed by atoms with Crippen LogP contribution in [0.3, 0.4) is 0 Å². The zero-order chi connectivity index (χ0) is 14.1. The lowest BCUT2D eigenvalue weighted by Gasteiger charge is -2.17. The summed E-state index contributed by atoms with van der Waals surface area (Å²) in [6.45, 7) is 5.54. The van der Waals surface area contributed by atoms with Gasteiger partial charge in [0.1, 0.15) is 5.82 Å². The first-order chi connectivity index (χ1) is 9.17. The number of nitrogens with one attached hydrogen (secondary N) is 1. The Hall–Kier alpha value is -0.410. The first kappa shape index (κ1) is 16.6. The zero-order valence-corrected chi connectivity index (χ0v) is 13.6. The van der Waals surface area contributed by atoms with Crippen molar-refractivity contribution >= 4 is 15.9 Å². The Morgan fingerprint density at radius 1 is 1.21 bits per heavy atom. The molecule has 0 aromatic heterocycles. The summed E-state index contributed by atoms with van der Waals surface area (Å²) in [4.78, 5) is 0. The van der Waals surface area contributed by atoms with E-state index in [9.17, 15) is 4.39 Å². The summed E-state index contributed by atoms with van der Waals surface area (Å²) >= 11 is 3.24. The Morgan fingerprint density at radius 2 is 2.00 bits per heavy atom. The van der Waals surface area contributed by atoms with Crippen LogP contribution in [0.1, 0.15) is 51.5 Å². The van der Waals surface area contributed by atoms with E-state index in [1.807, 2.05) is 12.1 Å². The van der Waals surface area contributed by atoms with Gasteiger partial charge in [-0.25, -0.2) is 4.39 Å². The van der Waals surface area contributed by atoms with Crippen molar-refractivity contribution in [1.29, 1.82) is 0 Å². The zero-order valence-electron chi connectivity index (χ0n) is 12.0. The highest BCUT2D eigenvalue weighted by molar-refractivity contribution is 9.10. The monoisotopic (exact) mass is 329 g/mol. The lowest BCUT2D eigenvalue weighted by molar-refractivity contribution is 0.438. The number of hydrogen-bond donors (Lipinski definition) is 1. The molecular weight excluding hydrogens is 305 g/mol. The second-order valence-corrected chi connectivity index (χ2v) is 5.93. The van der Waals surface area contributed by atoms with Crippen molar-refractivity contribution < 1.29 is 4.39 Å². The van der Waals surface area contributed by atoms with Gasteiger partial charge in [0.25, 0.3) is 0 Å². The number of benzene rings is 1. The highest BCUT2D eigenvalue weighted by atomic mass is 79.9. The molecule has 1 N–H and O–H groups in total. The Labute approximate surface area is 125 Å². The van der Waals surface area contributed by atoms with Gasteiger partial charge in [0, 0.05) is 6.04 Å². The van der Waals surface area contributed by atoms with E-state index < -0.39 is 0 Å². The van der Waals surface area contributed by atoms with Crippen LogP contribution in [0, 0.1) is 5.82 Å². The van der Waals surface area contributed by atoms with Gasteiger partial charge in [-0.1, -0.05) is 26.3 Å². The number of halogens is 2. The summed E-state index contributed by atoms with van der Waals surface area (Å²) in [6.07, 6.45) is 7.02. The van der Waals surface area contributed by atoms with Crippen molar-refractivity contribution in [1.82, 2.24) is 5.32 Å². The number of aryl methyl sites for hydroxylation is 1. The van der Waals surface area contributed by atoms with Crippen LogP contribution in [-0.4, -0.2) is 12.6 Å². The second kappa shape index (κ2) is 9.49. The molecule has 0 heterocycles. The summed E-state index contributed by atoms with van der Waals surface area (Å²) in [5.41, 5.74) is 1.21. The van der Waals surface area contributed by atoms with Gasteiger partial charge in [0.05, 0.1) is 4.47 Å². The van der Waals surface area contributed by atoms with Crippen LogP contribution in [0.2, 0.25) is 0 Å². The smallest absolute Gasteiger partial charge is 0.137 e. The standard InChI is InChI=1S/C16H25BrFN/c1-3-6-14(19-11-4-2)8-5-7-13-9-10-16(18)15(17)12-13/h9-10,12,14,19H,3-8,11H2,1-2H3. The topological polar surface area (TPSA) is 12.0 Å². The first-order valence-electron chi connectivity index (χ1n) is 7.34. The Balaban J connectivity index is 2.35. The highest BCUT2D eigenvalue weighted by Crippen LogP contribution is 2.18. The third-order valence-electron chi connectivity index (χ3n) is 3.32. The highest BCUT2D eigenvalue weighted by Gasteiger charge is 2.07. The maximum atomic E-state index is 13.1. The Morgan fingerprint density at radius 3 is 2.63 bits per heavy atom. The maximum absolute atomic E-state index is 13.1. The van der Waals surface area contributed by atoms with E-state index in [1.165, 1.54) is 37.3 Å². The molecule has 0 aliphatic rings. The van der Waals surface area contributed by atoms with Crippen molar-refractivity contribution in [3.8, 4) is 0 Å². The van der Waals surface area contributed by atoms with Gasteiger partial charge in [-0.2, -0.15) is 0 Å². The van der Waals surface area contributed by atoms with Gasteiger partial charge in [0.2, 0.25) is 0 Å². The van der Waals surface area contributed by atoms with Crippen molar-refractivity contribution in [2.75, 3.05) is 6.54 Å². The fraction of sp³-hybridized carbons (Fsp3) is 0.625. The Kier molecular flexibility index (Phi) is 8.31. The van der Waals surface area contributed by atoms with Gasteiger partial charge < -0.3 is 5.32 Å². The molecule has 1 rings (SSSR count). The molecule has 1 aromatic rings. The molecule has 0 radical (unpaired) electrons. The van der Waals surface area contributed by atoms with Crippen LogP contribution in [0.15, 0.2) is 22.7 Å². The van der Waals surface area contributed by atoms with Crippen molar-refractivity contribution in [3.63, 3.8) is 0 Å². The summed E-state index contributed by atoms with van der Waals surface area (Å²) in [5.74, 6) is -0.183. The molecule has 0 spiro atoms. The van der Waals surface area contributed by atoms with E-state index in [0.29, 0.717) is 10.5 Å². The molecular formula is C16H25BrFN. The van der Waals surface area contributed by atoms with E-state index >= 15 is 0 Å². The van der Waals surface area contributed by atoms with Gasteiger partial charge in [-0.05, 0) is 72.3 Å². The maximum Gasteiger partial charge on any atom is 0.137 e. The molecule has 0 saturated carbocycles. The van der Waals surface area contributed by atoms with E-state index in [-0.39, 0.29) is 5.82 Å². The van der Waals surface area contributed by atoms with Gasteiger partial charge in [0.15, 0.2) is 0 Å². The lowest BCUT2D eigenvalue weighted by atomic mass is 10.0. The molecule has 0 amide bonds. The largest absolute Gasteiger partial charge is 0.314 e. The second-order valence-electron chi connectivity index (χ2n) is 5.08. The fourth-order valence-electron chi connectivity index (χ4n) is 2.29. The molecule has 0 aliphatic carbocycles. The summed E-state index contributed by atoms with van der Waals surface area (Å²) in [6, 6.07) is 5.95. The van der Waals surface area contributed by atoms with Gasteiger partial charge in [-0.15, -0.1) is 0 Å². The molecule has 1 atom stereocenters.